The summed E-state index contributed by atoms with van der Waals surface area (Å²) in [7, 11) is -0.415. The summed E-state index contributed by atoms with van der Waals surface area (Å²) in [5.74, 6) is 0.291. The third kappa shape index (κ3) is 5.15. The summed E-state index contributed by atoms with van der Waals surface area (Å²) < 4.78 is 0. The van der Waals surface area contributed by atoms with Crippen LogP contribution in [0.4, 0.5) is 0 Å². The van der Waals surface area contributed by atoms with Gasteiger partial charge in [-0.1, -0.05) is 66.7 Å². The van der Waals surface area contributed by atoms with Gasteiger partial charge in [-0.15, -0.1) is 6.58 Å². The van der Waals surface area contributed by atoms with E-state index in [0.29, 0.717) is 5.92 Å². The second kappa shape index (κ2) is 9.55. The van der Waals surface area contributed by atoms with Crippen molar-refractivity contribution >= 4 is 26.9 Å². The topological polar surface area (TPSA) is 20.2 Å². The predicted molar refractivity (Wildman–Crippen MR) is 95.1 cm³/mol. The van der Waals surface area contributed by atoms with Gasteiger partial charge in [0.05, 0.1) is 0 Å². The molecule has 0 bridgehead atoms. The maximum absolute atomic E-state index is 9.56. The Balaban J connectivity index is 0.00000220. The Hall–Kier alpha value is -1.37. The highest BCUT2D eigenvalue weighted by molar-refractivity contribution is 7.73. The van der Waals surface area contributed by atoms with Crippen molar-refractivity contribution < 1.29 is 5.11 Å². The van der Waals surface area contributed by atoms with Crippen LogP contribution in [0.1, 0.15) is 6.42 Å². The summed E-state index contributed by atoms with van der Waals surface area (Å²) in [6, 6.07) is 21.3. The molecule has 0 aliphatic heterocycles. The van der Waals surface area contributed by atoms with Crippen molar-refractivity contribution in [1.29, 1.82) is 0 Å². The van der Waals surface area contributed by atoms with E-state index in [0.717, 1.165) is 12.6 Å². The Bertz CT molecular complexity index is 476. The van der Waals surface area contributed by atoms with E-state index in [1.54, 1.807) is 0 Å². The molecule has 1 nitrogen and oxygen atoms in total. The largest absolute Gasteiger partial charge is 0.396 e. The molecule has 2 aromatic carbocycles. The Morgan fingerprint density at radius 3 is 1.81 bits per heavy atom. The molecule has 2 aromatic rings. The first kappa shape index (κ1) is 17.7. The number of hydrogen-bond donors (Lipinski definition) is 1. The molecule has 0 amide bonds. The van der Waals surface area contributed by atoms with Crippen LogP contribution in [0, 0.1) is 5.92 Å². The Labute approximate surface area is 131 Å². The molecule has 0 heterocycles. The SMILES string of the molecule is C=CC[C@H](CO)CP(c1ccccc1)c1ccccc1.[B]. The van der Waals surface area contributed by atoms with Gasteiger partial charge in [0.15, 0.2) is 0 Å². The second-order valence-electron chi connectivity index (χ2n) is 4.85. The van der Waals surface area contributed by atoms with Gasteiger partial charge in [-0.3, -0.25) is 0 Å². The maximum Gasteiger partial charge on any atom is 0.0465 e. The second-order valence-corrected chi connectivity index (χ2v) is 7.11. The summed E-state index contributed by atoms with van der Waals surface area (Å²) in [4.78, 5) is 0. The number of rotatable bonds is 7. The van der Waals surface area contributed by atoms with E-state index >= 15 is 0 Å². The lowest BCUT2D eigenvalue weighted by Crippen LogP contribution is -2.20. The molecular formula is C18H21BOP. The van der Waals surface area contributed by atoms with E-state index in [1.807, 2.05) is 6.08 Å². The van der Waals surface area contributed by atoms with E-state index < -0.39 is 7.92 Å². The Morgan fingerprint density at radius 1 is 0.952 bits per heavy atom. The molecular weight excluding hydrogens is 274 g/mol. The molecule has 107 valence electrons. The zero-order valence-corrected chi connectivity index (χ0v) is 13.1. The van der Waals surface area contributed by atoms with Crippen LogP contribution in [0.3, 0.4) is 0 Å². The molecule has 1 atom stereocenters. The molecule has 3 heteroatoms. The standard InChI is InChI=1S/C18H21OP.B/c1-2-9-16(14-19)15-20(17-10-5-3-6-11-17)18-12-7-4-8-13-18;/h2-8,10-13,16,19H,1,9,14-15H2;/t16-;/m1./s1. The van der Waals surface area contributed by atoms with Gasteiger partial charge in [0.1, 0.15) is 0 Å². The van der Waals surface area contributed by atoms with Gasteiger partial charge in [-0.05, 0) is 37.0 Å². The van der Waals surface area contributed by atoms with E-state index in [-0.39, 0.29) is 15.0 Å². The average molecular weight is 295 g/mol. The molecule has 3 radical (unpaired) electrons. The van der Waals surface area contributed by atoms with Crippen LogP contribution < -0.4 is 10.6 Å². The van der Waals surface area contributed by atoms with Crippen molar-refractivity contribution in [3.8, 4) is 0 Å². The molecule has 0 saturated heterocycles. The number of allylic oxidation sites excluding steroid dienone is 1. The number of benzene rings is 2. The van der Waals surface area contributed by atoms with Crippen molar-refractivity contribution in [1.82, 2.24) is 0 Å². The summed E-state index contributed by atoms with van der Waals surface area (Å²) in [5, 5.41) is 12.3. The van der Waals surface area contributed by atoms with E-state index in [9.17, 15) is 5.11 Å². The monoisotopic (exact) mass is 295 g/mol. The van der Waals surface area contributed by atoms with Crippen molar-refractivity contribution in [3.63, 3.8) is 0 Å². The Kier molecular flexibility index (Phi) is 8.04. The van der Waals surface area contributed by atoms with Crippen molar-refractivity contribution in [2.24, 2.45) is 5.92 Å². The highest BCUT2D eigenvalue weighted by atomic mass is 31.1. The van der Waals surface area contributed by atoms with Crippen LogP contribution in [-0.2, 0) is 0 Å². The fraction of sp³-hybridized carbons (Fsp3) is 0.222. The first-order valence-electron chi connectivity index (χ1n) is 6.94. The van der Waals surface area contributed by atoms with Gasteiger partial charge >= 0.3 is 0 Å². The highest BCUT2D eigenvalue weighted by Crippen LogP contribution is 2.36. The van der Waals surface area contributed by atoms with Gasteiger partial charge in [-0.2, -0.15) is 0 Å². The number of aliphatic hydroxyl groups is 1. The van der Waals surface area contributed by atoms with Crippen molar-refractivity contribution in [2.45, 2.75) is 6.42 Å². The van der Waals surface area contributed by atoms with Crippen LogP contribution >= 0.6 is 7.92 Å². The molecule has 21 heavy (non-hydrogen) atoms. The Morgan fingerprint density at radius 2 is 1.43 bits per heavy atom. The third-order valence-electron chi connectivity index (χ3n) is 3.33. The van der Waals surface area contributed by atoms with Crippen LogP contribution in [0.2, 0.25) is 0 Å². The molecule has 2 rings (SSSR count). The van der Waals surface area contributed by atoms with Gasteiger partial charge in [-0.25, -0.2) is 0 Å². The zero-order chi connectivity index (χ0) is 14.2. The molecule has 0 saturated carbocycles. The fourth-order valence-electron chi connectivity index (χ4n) is 2.28. The highest BCUT2D eigenvalue weighted by Gasteiger charge is 2.18. The summed E-state index contributed by atoms with van der Waals surface area (Å²) in [6.07, 6.45) is 3.78. The first-order chi connectivity index (χ1) is 9.85. The lowest BCUT2D eigenvalue weighted by atomic mass is 10.1. The van der Waals surface area contributed by atoms with Gasteiger partial charge in [0.25, 0.3) is 0 Å². The van der Waals surface area contributed by atoms with Crippen LogP contribution in [0.15, 0.2) is 73.3 Å². The molecule has 1 N–H and O–H groups in total. The van der Waals surface area contributed by atoms with E-state index in [1.165, 1.54) is 10.6 Å². The van der Waals surface area contributed by atoms with Crippen molar-refractivity contribution in [2.75, 3.05) is 12.8 Å². The molecule has 0 aromatic heterocycles. The van der Waals surface area contributed by atoms with Gasteiger partial charge < -0.3 is 5.11 Å². The molecule has 0 unspecified atom stereocenters. The van der Waals surface area contributed by atoms with E-state index in [2.05, 4.69) is 67.2 Å². The summed E-state index contributed by atoms with van der Waals surface area (Å²) >= 11 is 0. The average Bonchev–Trinajstić information content (AvgIpc) is 2.53. The smallest absolute Gasteiger partial charge is 0.0465 e. The van der Waals surface area contributed by atoms with Crippen LogP contribution in [0.5, 0.6) is 0 Å². The molecule has 0 aliphatic rings. The lowest BCUT2D eigenvalue weighted by Gasteiger charge is -2.23. The fourth-order valence-corrected chi connectivity index (χ4v) is 4.84. The minimum Gasteiger partial charge on any atom is -0.396 e. The van der Waals surface area contributed by atoms with Gasteiger partial charge in [0.2, 0.25) is 0 Å². The number of hydrogen-bond acceptors (Lipinski definition) is 1. The first-order valence-corrected chi connectivity index (χ1v) is 8.47. The summed E-state index contributed by atoms with van der Waals surface area (Å²) in [6.45, 7) is 4.02. The van der Waals surface area contributed by atoms with Crippen LogP contribution in [0.25, 0.3) is 0 Å². The van der Waals surface area contributed by atoms with Crippen molar-refractivity contribution in [3.05, 3.63) is 73.3 Å². The molecule has 0 fully saturated rings. The third-order valence-corrected chi connectivity index (χ3v) is 6.06. The predicted octanol–water partition coefficient (Wildman–Crippen LogP) is 2.92. The quantitative estimate of drug-likeness (QED) is 0.473. The minimum atomic E-state index is -0.415. The van der Waals surface area contributed by atoms with E-state index in [4.69, 9.17) is 0 Å². The number of aliphatic hydroxyl groups excluding tert-OH is 1. The minimum absolute atomic E-state index is 0. The lowest BCUT2D eigenvalue weighted by molar-refractivity contribution is 0.241. The van der Waals surface area contributed by atoms with Gasteiger partial charge in [0, 0.05) is 15.0 Å². The normalized spacial score (nSPS) is 11.7. The molecule has 0 aliphatic carbocycles. The van der Waals surface area contributed by atoms with Crippen LogP contribution in [-0.4, -0.2) is 26.3 Å². The molecule has 0 spiro atoms. The summed E-state index contributed by atoms with van der Waals surface area (Å²) in [5.41, 5.74) is 0. The maximum atomic E-state index is 9.56. The zero-order valence-electron chi connectivity index (χ0n) is 12.2.